The first-order valence-corrected chi connectivity index (χ1v) is 7.25. The molecule has 4 heteroatoms. The maximum absolute atomic E-state index is 3.60. The Hall–Kier alpha value is -0.580. The molecule has 3 nitrogen and oxygen atoms in total. The largest absolute Gasteiger partial charge is 0.373 e. The van der Waals surface area contributed by atoms with E-state index in [4.69, 9.17) is 0 Å². The second-order valence-electron chi connectivity index (χ2n) is 5.23. The van der Waals surface area contributed by atoms with E-state index in [1.54, 1.807) is 0 Å². The minimum absolute atomic E-state index is 0.550. The third kappa shape index (κ3) is 3.46. The minimum atomic E-state index is 0.550. The van der Waals surface area contributed by atoms with E-state index in [-0.39, 0.29) is 0 Å². The molecule has 1 aromatic rings. The van der Waals surface area contributed by atoms with Crippen molar-refractivity contribution in [3.63, 3.8) is 0 Å². The van der Waals surface area contributed by atoms with Gasteiger partial charge in [0.05, 0.1) is 0 Å². The van der Waals surface area contributed by atoms with Crippen molar-refractivity contribution in [2.24, 2.45) is 0 Å². The Morgan fingerprint density at radius 1 is 1.50 bits per heavy atom. The molecule has 1 atom stereocenters. The van der Waals surface area contributed by atoms with E-state index >= 15 is 0 Å². The van der Waals surface area contributed by atoms with Gasteiger partial charge in [-0.2, -0.15) is 0 Å². The van der Waals surface area contributed by atoms with Crippen LogP contribution < -0.4 is 10.2 Å². The van der Waals surface area contributed by atoms with Gasteiger partial charge in [0.25, 0.3) is 0 Å². The number of nitrogens with zero attached hydrogens (tertiary/aromatic N) is 2. The first-order chi connectivity index (χ1) is 8.56. The number of hydrogen-bond donors (Lipinski definition) is 1. The zero-order valence-electron chi connectivity index (χ0n) is 11.4. The van der Waals surface area contributed by atoms with Gasteiger partial charge in [0, 0.05) is 49.4 Å². The van der Waals surface area contributed by atoms with Gasteiger partial charge in [0.15, 0.2) is 0 Å². The van der Waals surface area contributed by atoms with Gasteiger partial charge in [-0.15, -0.1) is 0 Å². The van der Waals surface area contributed by atoms with Gasteiger partial charge < -0.3 is 15.1 Å². The molecule has 0 saturated carbocycles. The predicted octanol–water partition coefficient (Wildman–Crippen LogP) is 2.10. The molecule has 1 saturated heterocycles. The van der Waals surface area contributed by atoms with Crippen LogP contribution in [0.5, 0.6) is 0 Å². The Morgan fingerprint density at radius 3 is 2.94 bits per heavy atom. The number of likely N-dealkylation sites (N-methyl/N-ethyl adjacent to an activating group) is 2. The highest BCUT2D eigenvalue weighted by atomic mass is 79.9. The van der Waals surface area contributed by atoms with Crippen LogP contribution in [-0.4, -0.2) is 51.2 Å². The van der Waals surface area contributed by atoms with Crippen molar-refractivity contribution in [1.82, 2.24) is 10.2 Å². The van der Waals surface area contributed by atoms with Crippen molar-refractivity contribution < 1.29 is 0 Å². The maximum Gasteiger partial charge on any atom is 0.0375 e. The van der Waals surface area contributed by atoms with E-state index in [1.807, 2.05) is 0 Å². The smallest absolute Gasteiger partial charge is 0.0375 e. The number of anilines is 1. The molecule has 1 aliphatic rings. The number of halogens is 1. The molecule has 1 N–H and O–H groups in total. The SMILES string of the molecule is Cc1ccc(N(C)CC2CN(C)CCN2)cc1Br. The molecular formula is C14H22BrN3. The molecule has 1 unspecified atom stereocenters. The van der Waals surface area contributed by atoms with Crippen LogP contribution in [0.1, 0.15) is 5.56 Å². The van der Waals surface area contributed by atoms with Gasteiger partial charge in [0.1, 0.15) is 0 Å². The average Bonchev–Trinajstić information content (AvgIpc) is 2.32. The normalized spacial score (nSPS) is 21.0. The van der Waals surface area contributed by atoms with Crippen LogP contribution in [0.2, 0.25) is 0 Å². The Bertz CT molecular complexity index is 408. The number of benzene rings is 1. The summed E-state index contributed by atoms with van der Waals surface area (Å²) in [6.45, 7) is 6.52. The van der Waals surface area contributed by atoms with Crippen molar-refractivity contribution in [2.75, 3.05) is 45.2 Å². The molecule has 0 radical (unpaired) electrons. The van der Waals surface area contributed by atoms with Crippen molar-refractivity contribution in [3.8, 4) is 0 Å². The van der Waals surface area contributed by atoms with Gasteiger partial charge in [-0.1, -0.05) is 22.0 Å². The van der Waals surface area contributed by atoms with E-state index in [0.29, 0.717) is 6.04 Å². The van der Waals surface area contributed by atoms with E-state index in [2.05, 4.69) is 70.3 Å². The van der Waals surface area contributed by atoms with E-state index in [1.165, 1.54) is 15.7 Å². The molecular weight excluding hydrogens is 290 g/mol. The van der Waals surface area contributed by atoms with E-state index < -0.39 is 0 Å². The third-order valence-electron chi connectivity index (χ3n) is 3.55. The monoisotopic (exact) mass is 311 g/mol. The fraction of sp³-hybridized carbons (Fsp3) is 0.571. The van der Waals surface area contributed by atoms with Crippen LogP contribution >= 0.6 is 15.9 Å². The number of rotatable bonds is 3. The molecule has 0 spiro atoms. The maximum atomic E-state index is 3.60. The van der Waals surface area contributed by atoms with E-state index in [0.717, 1.165) is 26.2 Å². The highest BCUT2D eigenvalue weighted by molar-refractivity contribution is 9.10. The lowest BCUT2D eigenvalue weighted by Crippen LogP contribution is -2.53. The molecule has 0 amide bonds. The summed E-state index contributed by atoms with van der Waals surface area (Å²) in [4.78, 5) is 4.71. The first kappa shape index (κ1) is 13.8. The van der Waals surface area contributed by atoms with Gasteiger partial charge in [-0.05, 0) is 31.7 Å². The van der Waals surface area contributed by atoms with Crippen molar-refractivity contribution in [2.45, 2.75) is 13.0 Å². The number of hydrogen-bond acceptors (Lipinski definition) is 3. The summed E-state index contributed by atoms with van der Waals surface area (Å²) >= 11 is 3.60. The summed E-state index contributed by atoms with van der Waals surface area (Å²) in [5.41, 5.74) is 2.55. The van der Waals surface area contributed by atoms with Crippen molar-refractivity contribution in [1.29, 1.82) is 0 Å². The first-order valence-electron chi connectivity index (χ1n) is 6.45. The number of nitrogens with one attached hydrogen (secondary N) is 1. The molecule has 18 heavy (non-hydrogen) atoms. The van der Waals surface area contributed by atoms with Crippen molar-refractivity contribution >= 4 is 21.6 Å². The quantitative estimate of drug-likeness (QED) is 0.922. The summed E-state index contributed by atoms with van der Waals surface area (Å²) in [5.74, 6) is 0. The van der Waals surface area contributed by atoms with Gasteiger partial charge >= 0.3 is 0 Å². The summed E-state index contributed by atoms with van der Waals surface area (Å²) in [5, 5.41) is 3.58. The standard InChI is InChI=1S/C14H22BrN3/c1-11-4-5-13(8-14(11)15)18(3)10-12-9-17(2)7-6-16-12/h4-5,8,12,16H,6-7,9-10H2,1-3H3. The summed E-state index contributed by atoms with van der Waals surface area (Å²) in [7, 11) is 4.35. The molecule has 1 heterocycles. The molecule has 1 aliphatic heterocycles. The highest BCUT2D eigenvalue weighted by Crippen LogP contribution is 2.23. The Kier molecular flexibility index (Phi) is 4.65. The molecule has 0 aliphatic carbocycles. The van der Waals surface area contributed by atoms with Crippen LogP contribution in [0.15, 0.2) is 22.7 Å². The summed E-state index contributed by atoms with van der Waals surface area (Å²) in [6, 6.07) is 7.10. The lowest BCUT2D eigenvalue weighted by Gasteiger charge is -2.34. The fourth-order valence-corrected chi connectivity index (χ4v) is 2.74. The van der Waals surface area contributed by atoms with E-state index in [9.17, 15) is 0 Å². The molecule has 100 valence electrons. The minimum Gasteiger partial charge on any atom is -0.373 e. The topological polar surface area (TPSA) is 18.5 Å². The zero-order chi connectivity index (χ0) is 13.1. The second-order valence-corrected chi connectivity index (χ2v) is 6.08. The Labute approximate surface area is 118 Å². The average molecular weight is 312 g/mol. The third-order valence-corrected chi connectivity index (χ3v) is 4.40. The molecule has 1 aromatic carbocycles. The highest BCUT2D eigenvalue weighted by Gasteiger charge is 2.18. The number of aryl methyl sites for hydroxylation is 1. The van der Waals surface area contributed by atoms with Gasteiger partial charge in [-0.25, -0.2) is 0 Å². The lowest BCUT2D eigenvalue weighted by molar-refractivity contribution is 0.241. The Balaban J connectivity index is 1.98. The van der Waals surface area contributed by atoms with Gasteiger partial charge in [-0.3, -0.25) is 0 Å². The molecule has 2 rings (SSSR count). The van der Waals surface area contributed by atoms with Crippen LogP contribution in [0.4, 0.5) is 5.69 Å². The molecule has 0 aromatic heterocycles. The summed E-state index contributed by atoms with van der Waals surface area (Å²) < 4.78 is 1.18. The lowest BCUT2D eigenvalue weighted by atomic mass is 10.1. The van der Waals surface area contributed by atoms with Crippen LogP contribution in [0, 0.1) is 6.92 Å². The van der Waals surface area contributed by atoms with Crippen LogP contribution in [-0.2, 0) is 0 Å². The summed E-state index contributed by atoms with van der Waals surface area (Å²) in [6.07, 6.45) is 0. The molecule has 0 bridgehead atoms. The predicted molar refractivity (Wildman–Crippen MR) is 81.4 cm³/mol. The second kappa shape index (κ2) is 6.04. The number of piperazine rings is 1. The van der Waals surface area contributed by atoms with Crippen LogP contribution in [0.3, 0.4) is 0 Å². The molecule has 1 fully saturated rings. The van der Waals surface area contributed by atoms with Crippen molar-refractivity contribution in [3.05, 3.63) is 28.2 Å². The van der Waals surface area contributed by atoms with Gasteiger partial charge in [0.2, 0.25) is 0 Å². The zero-order valence-corrected chi connectivity index (χ0v) is 13.0. The van der Waals surface area contributed by atoms with Crippen LogP contribution in [0.25, 0.3) is 0 Å². The Morgan fingerprint density at radius 2 is 2.28 bits per heavy atom. The fourth-order valence-electron chi connectivity index (χ4n) is 2.37.